The Bertz CT molecular complexity index is 550. The molecule has 0 radical (unpaired) electrons. The van der Waals surface area contributed by atoms with Crippen LogP contribution in [0.3, 0.4) is 0 Å². The Kier molecular flexibility index (Phi) is 5.66. The Morgan fingerprint density at radius 3 is 2.46 bits per heavy atom. The van der Waals surface area contributed by atoms with E-state index in [0.717, 1.165) is 36.8 Å². The zero-order valence-corrected chi connectivity index (χ0v) is 16.2. The van der Waals surface area contributed by atoms with Crippen LogP contribution < -0.4 is 0 Å². The Hall–Kier alpha value is -0.870. The Morgan fingerprint density at radius 2 is 1.88 bits per heavy atom. The summed E-state index contributed by atoms with van der Waals surface area (Å²) >= 11 is 1.77. The lowest BCUT2D eigenvalue weighted by Gasteiger charge is -2.37. The fourth-order valence-corrected chi connectivity index (χ4v) is 5.13. The molecule has 3 rings (SSSR count). The van der Waals surface area contributed by atoms with Crippen LogP contribution in [0.15, 0.2) is 12.1 Å². The molecule has 1 saturated carbocycles. The zero-order chi connectivity index (χ0) is 17.2. The molecule has 24 heavy (non-hydrogen) atoms. The van der Waals surface area contributed by atoms with E-state index in [-0.39, 0.29) is 18.0 Å². The fraction of sp³-hybridized carbons (Fsp3) is 0.750. The van der Waals surface area contributed by atoms with E-state index in [1.165, 1.54) is 35.4 Å². The molecule has 134 valence electrons. The maximum atomic E-state index is 12.9. The number of hydrogen-bond donors (Lipinski definition) is 0. The highest BCUT2D eigenvalue weighted by Crippen LogP contribution is 2.37. The number of likely N-dealkylation sites (tertiary alicyclic amines) is 1. The van der Waals surface area contributed by atoms with Gasteiger partial charge in [0.15, 0.2) is 0 Å². The third-order valence-corrected chi connectivity index (χ3v) is 6.94. The molecule has 2 aliphatic rings. The number of nitrogens with zero attached hydrogens (tertiary/aromatic N) is 1. The van der Waals surface area contributed by atoms with E-state index in [1.807, 2.05) is 0 Å². The molecular formula is C20H32NO2S+. The van der Waals surface area contributed by atoms with Crippen molar-refractivity contribution in [3.05, 3.63) is 21.9 Å². The molecular weight excluding hydrogens is 318 g/mol. The van der Waals surface area contributed by atoms with Gasteiger partial charge in [0.2, 0.25) is 0 Å². The van der Waals surface area contributed by atoms with Crippen LogP contribution in [0.4, 0.5) is 0 Å². The minimum absolute atomic E-state index is 0.0287. The quantitative estimate of drug-likeness (QED) is 0.577. The van der Waals surface area contributed by atoms with Crippen molar-refractivity contribution >= 4 is 17.3 Å². The molecule has 1 aromatic rings. The lowest BCUT2D eigenvalue weighted by Crippen LogP contribution is -2.48. The number of piperidine rings is 1. The molecule has 0 amide bonds. The number of thiophene rings is 1. The van der Waals surface area contributed by atoms with Crippen LogP contribution in [0.2, 0.25) is 0 Å². The first kappa shape index (κ1) is 17.9. The molecule has 0 unspecified atom stereocenters. The third-order valence-electron chi connectivity index (χ3n) is 5.83. The highest BCUT2D eigenvalue weighted by molar-refractivity contribution is 7.12. The smallest absolute Gasteiger partial charge is 0.314 e. The fourth-order valence-electron chi connectivity index (χ4n) is 4.16. The molecule has 1 aliphatic heterocycles. The second-order valence-corrected chi connectivity index (χ2v) is 9.73. The van der Waals surface area contributed by atoms with E-state index in [1.54, 1.807) is 11.3 Å². The summed E-state index contributed by atoms with van der Waals surface area (Å²) in [7, 11) is 4.52. The SMILES string of the molecule is Cc1ccc([C@H](CC2CCCC2)C(=O)OC2CC[N+](C)(C)CC2)s1. The van der Waals surface area contributed by atoms with E-state index < -0.39 is 0 Å². The van der Waals surface area contributed by atoms with Crippen LogP contribution >= 0.6 is 11.3 Å². The van der Waals surface area contributed by atoms with E-state index >= 15 is 0 Å². The normalized spacial score (nSPS) is 23.3. The Morgan fingerprint density at radius 1 is 1.21 bits per heavy atom. The van der Waals surface area contributed by atoms with Crippen LogP contribution in [0, 0.1) is 12.8 Å². The number of quaternary nitrogens is 1. The maximum Gasteiger partial charge on any atom is 0.314 e. The van der Waals surface area contributed by atoms with Gasteiger partial charge in [-0.15, -0.1) is 11.3 Å². The standard InChI is InChI=1S/C20H32NO2S/c1-15-8-9-19(24-15)18(14-16-6-4-5-7-16)20(22)23-17-10-12-21(2,3)13-11-17/h8-9,16-18H,4-7,10-14H2,1-3H3/q+1/t18-/m0/s1. The molecule has 2 fully saturated rings. The third kappa shape index (κ3) is 4.60. The second-order valence-electron chi connectivity index (χ2n) is 8.41. The topological polar surface area (TPSA) is 26.3 Å². The molecule has 1 atom stereocenters. The van der Waals surface area contributed by atoms with Crippen molar-refractivity contribution in [1.82, 2.24) is 0 Å². The first-order valence-electron chi connectivity index (χ1n) is 9.52. The van der Waals surface area contributed by atoms with Gasteiger partial charge < -0.3 is 9.22 Å². The van der Waals surface area contributed by atoms with Crippen LogP contribution in [0.1, 0.15) is 60.6 Å². The zero-order valence-electron chi connectivity index (χ0n) is 15.4. The summed E-state index contributed by atoms with van der Waals surface area (Å²) in [6.45, 7) is 4.32. The van der Waals surface area contributed by atoms with E-state index in [9.17, 15) is 4.79 Å². The van der Waals surface area contributed by atoms with Gasteiger partial charge in [-0.25, -0.2) is 0 Å². The average molecular weight is 351 g/mol. The number of rotatable bonds is 5. The number of ether oxygens (including phenoxy) is 1. The molecule has 1 aromatic heterocycles. The van der Waals surface area contributed by atoms with E-state index in [0.29, 0.717) is 5.92 Å². The predicted molar refractivity (Wildman–Crippen MR) is 99.3 cm³/mol. The number of carbonyl (C=O) groups excluding carboxylic acids is 1. The summed E-state index contributed by atoms with van der Waals surface area (Å²) in [5.74, 6) is 0.684. The van der Waals surface area contributed by atoms with Crippen molar-refractivity contribution in [2.45, 2.75) is 63.9 Å². The maximum absolute atomic E-state index is 12.9. The van der Waals surface area contributed by atoms with Crippen LogP contribution in [-0.4, -0.2) is 43.7 Å². The summed E-state index contributed by atoms with van der Waals surface area (Å²) < 4.78 is 7.02. The first-order valence-corrected chi connectivity index (χ1v) is 10.3. The summed E-state index contributed by atoms with van der Waals surface area (Å²) in [4.78, 5) is 15.4. The molecule has 0 spiro atoms. The van der Waals surface area contributed by atoms with Gasteiger partial charge in [0.1, 0.15) is 6.10 Å². The van der Waals surface area contributed by atoms with Crippen LogP contribution in [0.25, 0.3) is 0 Å². The van der Waals surface area contributed by atoms with Gasteiger partial charge in [-0.2, -0.15) is 0 Å². The van der Waals surface area contributed by atoms with Crippen molar-refractivity contribution in [2.75, 3.05) is 27.2 Å². The molecule has 4 heteroatoms. The number of aryl methyl sites for hydroxylation is 1. The molecule has 0 aromatic carbocycles. The van der Waals surface area contributed by atoms with Crippen molar-refractivity contribution in [3.8, 4) is 0 Å². The van der Waals surface area contributed by atoms with Crippen molar-refractivity contribution in [3.63, 3.8) is 0 Å². The summed E-state index contributed by atoms with van der Waals surface area (Å²) in [5.41, 5.74) is 0. The van der Waals surface area contributed by atoms with Crippen molar-refractivity contribution < 1.29 is 14.0 Å². The molecule has 1 aliphatic carbocycles. The van der Waals surface area contributed by atoms with Gasteiger partial charge in [0.05, 0.1) is 33.1 Å². The lowest BCUT2D eigenvalue weighted by atomic mass is 9.92. The lowest BCUT2D eigenvalue weighted by molar-refractivity contribution is -0.896. The van der Waals surface area contributed by atoms with Gasteiger partial charge >= 0.3 is 5.97 Å². The van der Waals surface area contributed by atoms with Gasteiger partial charge in [-0.3, -0.25) is 4.79 Å². The van der Waals surface area contributed by atoms with Gasteiger partial charge in [0, 0.05) is 22.6 Å². The summed E-state index contributed by atoms with van der Waals surface area (Å²) in [5, 5.41) is 0. The summed E-state index contributed by atoms with van der Waals surface area (Å²) in [6.07, 6.45) is 8.31. The second kappa shape index (κ2) is 7.57. The minimum atomic E-state index is -0.0452. The highest BCUT2D eigenvalue weighted by atomic mass is 32.1. The predicted octanol–water partition coefficient (Wildman–Crippen LogP) is 4.50. The average Bonchev–Trinajstić information content (AvgIpc) is 3.18. The Balaban J connectivity index is 1.64. The van der Waals surface area contributed by atoms with Gasteiger partial charge in [-0.05, 0) is 31.4 Å². The Labute approximate surface area is 150 Å². The van der Waals surface area contributed by atoms with Crippen molar-refractivity contribution in [2.24, 2.45) is 5.92 Å². The van der Waals surface area contributed by atoms with Crippen molar-refractivity contribution in [1.29, 1.82) is 0 Å². The van der Waals surface area contributed by atoms with Gasteiger partial charge in [0.25, 0.3) is 0 Å². The molecule has 3 nitrogen and oxygen atoms in total. The summed E-state index contributed by atoms with van der Waals surface area (Å²) in [6, 6.07) is 4.28. The number of carbonyl (C=O) groups is 1. The van der Waals surface area contributed by atoms with E-state index in [4.69, 9.17) is 4.74 Å². The highest BCUT2D eigenvalue weighted by Gasteiger charge is 2.33. The monoisotopic (exact) mass is 350 g/mol. The van der Waals surface area contributed by atoms with E-state index in [2.05, 4.69) is 33.2 Å². The molecule has 2 heterocycles. The van der Waals surface area contributed by atoms with Crippen LogP contribution in [0.5, 0.6) is 0 Å². The molecule has 0 bridgehead atoms. The largest absolute Gasteiger partial charge is 0.461 e. The first-order chi connectivity index (χ1) is 11.4. The van der Waals surface area contributed by atoms with Crippen LogP contribution in [-0.2, 0) is 9.53 Å². The molecule has 1 saturated heterocycles. The minimum Gasteiger partial charge on any atom is -0.461 e. The molecule has 0 N–H and O–H groups in total. The number of hydrogen-bond acceptors (Lipinski definition) is 3. The number of esters is 1. The van der Waals surface area contributed by atoms with Gasteiger partial charge in [-0.1, -0.05) is 25.7 Å².